The Bertz CT molecular complexity index is 374. The van der Waals surface area contributed by atoms with Crippen molar-refractivity contribution in [1.82, 2.24) is 5.32 Å². The molecule has 0 saturated heterocycles. The van der Waals surface area contributed by atoms with E-state index in [2.05, 4.69) is 5.32 Å². The topological polar surface area (TPSA) is 30.5 Å². The first-order valence-corrected chi connectivity index (χ1v) is 6.88. The Balaban J connectivity index is 2.06. The second kappa shape index (κ2) is 9.13. The molecule has 0 amide bonds. The summed E-state index contributed by atoms with van der Waals surface area (Å²) >= 11 is 5.65. The SMILES string of the molecule is CC(C)OCCCNCCOc1cccc(Cl)c1F. The van der Waals surface area contributed by atoms with Gasteiger partial charge in [0.05, 0.1) is 11.1 Å². The molecule has 5 heteroatoms. The number of benzene rings is 1. The zero-order valence-electron chi connectivity index (χ0n) is 11.4. The molecule has 3 nitrogen and oxygen atoms in total. The summed E-state index contributed by atoms with van der Waals surface area (Å²) in [6, 6.07) is 4.73. The van der Waals surface area contributed by atoms with Crippen LogP contribution in [-0.4, -0.2) is 32.4 Å². The molecule has 1 N–H and O–H groups in total. The van der Waals surface area contributed by atoms with Gasteiger partial charge in [0, 0.05) is 13.2 Å². The van der Waals surface area contributed by atoms with Gasteiger partial charge in [0.2, 0.25) is 0 Å². The van der Waals surface area contributed by atoms with E-state index in [0.29, 0.717) is 13.2 Å². The fraction of sp³-hybridized carbons (Fsp3) is 0.571. The van der Waals surface area contributed by atoms with Crippen molar-refractivity contribution in [3.8, 4) is 5.75 Å². The largest absolute Gasteiger partial charge is 0.489 e. The number of hydrogen-bond donors (Lipinski definition) is 1. The molecule has 0 spiro atoms. The first kappa shape index (κ1) is 16.2. The zero-order chi connectivity index (χ0) is 14.1. The molecule has 0 fully saturated rings. The maximum atomic E-state index is 13.5. The normalized spacial score (nSPS) is 11.0. The summed E-state index contributed by atoms with van der Waals surface area (Å²) in [5.74, 6) is -0.313. The minimum Gasteiger partial charge on any atom is -0.489 e. The Labute approximate surface area is 119 Å². The molecule has 0 bridgehead atoms. The van der Waals surface area contributed by atoms with E-state index in [1.54, 1.807) is 12.1 Å². The third-order valence-electron chi connectivity index (χ3n) is 2.40. The molecule has 1 rings (SSSR count). The van der Waals surface area contributed by atoms with Crippen LogP contribution in [0.3, 0.4) is 0 Å². The Morgan fingerprint density at radius 3 is 2.79 bits per heavy atom. The molecule has 0 aliphatic carbocycles. The Kier molecular flexibility index (Phi) is 7.79. The van der Waals surface area contributed by atoms with E-state index >= 15 is 0 Å². The average Bonchev–Trinajstić information content (AvgIpc) is 2.37. The number of ether oxygens (including phenoxy) is 2. The molecule has 0 saturated carbocycles. The molecule has 108 valence electrons. The van der Waals surface area contributed by atoms with Crippen LogP contribution in [0.1, 0.15) is 20.3 Å². The molecule has 0 aliphatic heterocycles. The molecule has 19 heavy (non-hydrogen) atoms. The van der Waals surface area contributed by atoms with Crippen LogP contribution in [0.25, 0.3) is 0 Å². The summed E-state index contributed by atoms with van der Waals surface area (Å²) in [5, 5.41) is 3.28. The van der Waals surface area contributed by atoms with Gasteiger partial charge in [-0.2, -0.15) is 0 Å². The highest BCUT2D eigenvalue weighted by molar-refractivity contribution is 6.30. The maximum absolute atomic E-state index is 13.5. The third-order valence-corrected chi connectivity index (χ3v) is 2.69. The number of rotatable bonds is 9. The summed E-state index contributed by atoms with van der Waals surface area (Å²) in [4.78, 5) is 0. The van der Waals surface area contributed by atoms with Gasteiger partial charge in [0.1, 0.15) is 6.61 Å². The predicted molar refractivity (Wildman–Crippen MR) is 75.5 cm³/mol. The smallest absolute Gasteiger partial charge is 0.183 e. The quantitative estimate of drug-likeness (QED) is 0.708. The van der Waals surface area contributed by atoms with Crippen LogP contribution in [0.4, 0.5) is 4.39 Å². The fourth-order valence-electron chi connectivity index (χ4n) is 1.47. The molecule has 0 aromatic heterocycles. The second-order valence-electron chi connectivity index (χ2n) is 4.42. The van der Waals surface area contributed by atoms with Crippen molar-refractivity contribution in [3.05, 3.63) is 29.0 Å². The maximum Gasteiger partial charge on any atom is 0.183 e. The van der Waals surface area contributed by atoms with Crippen LogP contribution in [-0.2, 0) is 4.74 Å². The van der Waals surface area contributed by atoms with Gasteiger partial charge in [-0.05, 0) is 38.9 Å². The Morgan fingerprint density at radius 1 is 1.26 bits per heavy atom. The van der Waals surface area contributed by atoms with Crippen molar-refractivity contribution in [2.45, 2.75) is 26.4 Å². The van der Waals surface area contributed by atoms with Crippen LogP contribution in [0, 0.1) is 5.82 Å². The van der Waals surface area contributed by atoms with Crippen molar-refractivity contribution in [2.24, 2.45) is 0 Å². The lowest BCUT2D eigenvalue weighted by molar-refractivity contribution is 0.0769. The van der Waals surface area contributed by atoms with Crippen LogP contribution in [0.2, 0.25) is 5.02 Å². The summed E-state index contributed by atoms with van der Waals surface area (Å²) < 4.78 is 24.2. The third kappa shape index (κ3) is 6.76. The van der Waals surface area contributed by atoms with E-state index in [9.17, 15) is 4.39 Å². The second-order valence-corrected chi connectivity index (χ2v) is 4.83. The molecule has 1 aromatic rings. The predicted octanol–water partition coefficient (Wildman–Crippen LogP) is 3.26. The Hall–Kier alpha value is -0.840. The van der Waals surface area contributed by atoms with E-state index in [-0.39, 0.29) is 16.9 Å². The van der Waals surface area contributed by atoms with Crippen LogP contribution >= 0.6 is 11.6 Å². The fourth-order valence-corrected chi connectivity index (χ4v) is 1.64. The lowest BCUT2D eigenvalue weighted by atomic mass is 10.3. The van der Waals surface area contributed by atoms with Gasteiger partial charge >= 0.3 is 0 Å². The highest BCUT2D eigenvalue weighted by Crippen LogP contribution is 2.23. The lowest BCUT2D eigenvalue weighted by Gasteiger charge is -2.10. The number of halogens is 2. The number of nitrogens with one attached hydrogen (secondary N) is 1. The molecule has 0 atom stereocenters. The molecule has 0 heterocycles. The van der Waals surface area contributed by atoms with E-state index in [0.717, 1.165) is 19.6 Å². The molecule has 1 aromatic carbocycles. The lowest BCUT2D eigenvalue weighted by Crippen LogP contribution is -2.23. The zero-order valence-corrected chi connectivity index (χ0v) is 12.2. The van der Waals surface area contributed by atoms with Crippen LogP contribution < -0.4 is 10.1 Å². The Morgan fingerprint density at radius 2 is 2.05 bits per heavy atom. The molecular weight excluding hydrogens is 269 g/mol. The average molecular weight is 290 g/mol. The molecule has 0 unspecified atom stereocenters. The van der Waals surface area contributed by atoms with E-state index in [1.807, 2.05) is 13.8 Å². The van der Waals surface area contributed by atoms with E-state index in [1.165, 1.54) is 6.07 Å². The van der Waals surface area contributed by atoms with Crippen molar-refractivity contribution in [3.63, 3.8) is 0 Å². The molecular formula is C14H21ClFNO2. The van der Waals surface area contributed by atoms with Gasteiger partial charge in [-0.1, -0.05) is 17.7 Å². The van der Waals surface area contributed by atoms with E-state index < -0.39 is 5.82 Å². The molecule has 0 radical (unpaired) electrons. The van der Waals surface area contributed by atoms with Gasteiger partial charge in [0.15, 0.2) is 11.6 Å². The van der Waals surface area contributed by atoms with Crippen molar-refractivity contribution >= 4 is 11.6 Å². The highest BCUT2D eigenvalue weighted by atomic mass is 35.5. The minimum atomic E-state index is -0.505. The van der Waals surface area contributed by atoms with Gasteiger partial charge in [-0.25, -0.2) is 4.39 Å². The monoisotopic (exact) mass is 289 g/mol. The van der Waals surface area contributed by atoms with Crippen LogP contribution in [0.15, 0.2) is 18.2 Å². The van der Waals surface area contributed by atoms with Crippen molar-refractivity contribution in [1.29, 1.82) is 0 Å². The van der Waals surface area contributed by atoms with Gasteiger partial charge < -0.3 is 14.8 Å². The van der Waals surface area contributed by atoms with Gasteiger partial charge in [-0.3, -0.25) is 0 Å². The summed E-state index contributed by atoms with van der Waals surface area (Å²) in [6.45, 7) is 6.69. The summed E-state index contributed by atoms with van der Waals surface area (Å²) in [6.07, 6.45) is 1.22. The van der Waals surface area contributed by atoms with Crippen molar-refractivity contribution in [2.75, 3.05) is 26.3 Å². The minimum absolute atomic E-state index is 0.0799. The van der Waals surface area contributed by atoms with Crippen LogP contribution in [0.5, 0.6) is 5.75 Å². The summed E-state index contributed by atoms with van der Waals surface area (Å²) in [7, 11) is 0. The van der Waals surface area contributed by atoms with E-state index in [4.69, 9.17) is 21.1 Å². The standard InChI is InChI=1S/C14H21ClFNO2/c1-11(2)18-9-4-7-17-8-10-19-13-6-3-5-12(15)14(13)16/h3,5-6,11,17H,4,7-10H2,1-2H3. The van der Waals surface area contributed by atoms with Crippen molar-refractivity contribution < 1.29 is 13.9 Å². The number of hydrogen-bond acceptors (Lipinski definition) is 3. The first-order valence-electron chi connectivity index (χ1n) is 6.50. The first-order chi connectivity index (χ1) is 9.11. The van der Waals surface area contributed by atoms with Gasteiger partial charge in [-0.15, -0.1) is 0 Å². The highest BCUT2D eigenvalue weighted by Gasteiger charge is 2.06. The summed E-state index contributed by atoms with van der Waals surface area (Å²) in [5.41, 5.74) is 0. The van der Waals surface area contributed by atoms with Gasteiger partial charge in [0.25, 0.3) is 0 Å². The molecule has 0 aliphatic rings.